The van der Waals surface area contributed by atoms with Gasteiger partial charge in [0.15, 0.2) is 0 Å². The molecular formula is C17H26OS. The Labute approximate surface area is 121 Å². The van der Waals surface area contributed by atoms with Crippen LogP contribution in [-0.4, -0.2) is 17.0 Å². The van der Waals surface area contributed by atoms with Crippen molar-refractivity contribution in [2.24, 2.45) is 11.8 Å². The van der Waals surface area contributed by atoms with Crippen molar-refractivity contribution in [3.63, 3.8) is 0 Å². The van der Waals surface area contributed by atoms with E-state index in [9.17, 15) is 5.11 Å². The number of thioether (sulfide) groups is 1. The van der Waals surface area contributed by atoms with Crippen molar-refractivity contribution in [3.8, 4) is 0 Å². The number of benzene rings is 1. The Morgan fingerprint density at radius 1 is 1.37 bits per heavy atom. The van der Waals surface area contributed by atoms with Gasteiger partial charge >= 0.3 is 0 Å². The zero-order valence-corrected chi connectivity index (χ0v) is 13.0. The number of aliphatic hydroxyl groups excluding tert-OH is 1. The van der Waals surface area contributed by atoms with E-state index in [0.717, 1.165) is 11.7 Å². The highest BCUT2D eigenvalue weighted by Crippen LogP contribution is 2.34. The number of aryl methyl sites for hydroxylation is 1. The average molecular weight is 278 g/mol. The van der Waals surface area contributed by atoms with Crippen LogP contribution in [0.4, 0.5) is 0 Å². The molecule has 0 saturated heterocycles. The summed E-state index contributed by atoms with van der Waals surface area (Å²) >= 11 is 1.80. The van der Waals surface area contributed by atoms with Crippen LogP contribution in [0.5, 0.6) is 0 Å². The minimum absolute atomic E-state index is 0.139. The molecule has 1 aromatic rings. The first-order valence-corrected chi connectivity index (χ1v) is 8.55. The first-order chi connectivity index (χ1) is 9.19. The highest BCUT2D eigenvalue weighted by molar-refractivity contribution is 7.99. The summed E-state index contributed by atoms with van der Waals surface area (Å²) in [4.78, 5) is 1.28. The van der Waals surface area contributed by atoms with Crippen LogP contribution >= 0.6 is 11.8 Å². The second-order valence-corrected chi connectivity index (χ2v) is 6.99. The van der Waals surface area contributed by atoms with E-state index < -0.39 is 0 Å². The van der Waals surface area contributed by atoms with Gasteiger partial charge < -0.3 is 5.11 Å². The highest BCUT2D eigenvalue weighted by Gasteiger charge is 2.26. The van der Waals surface area contributed by atoms with Crippen molar-refractivity contribution in [1.82, 2.24) is 0 Å². The van der Waals surface area contributed by atoms with E-state index in [0.29, 0.717) is 5.92 Å². The van der Waals surface area contributed by atoms with Crippen LogP contribution in [0.3, 0.4) is 0 Å². The van der Waals surface area contributed by atoms with E-state index in [1.54, 1.807) is 11.8 Å². The van der Waals surface area contributed by atoms with Crippen molar-refractivity contribution in [2.45, 2.75) is 57.0 Å². The summed E-state index contributed by atoms with van der Waals surface area (Å²) in [6.45, 7) is 4.40. The first-order valence-electron chi connectivity index (χ1n) is 7.56. The van der Waals surface area contributed by atoms with E-state index >= 15 is 0 Å². The largest absolute Gasteiger partial charge is 0.392 e. The van der Waals surface area contributed by atoms with Crippen molar-refractivity contribution >= 4 is 11.8 Å². The van der Waals surface area contributed by atoms with Gasteiger partial charge in [0, 0.05) is 10.6 Å². The summed E-state index contributed by atoms with van der Waals surface area (Å²) in [5, 5.41) is 10.4. The van der Waals surface area contributed by atoms with Gasteiger partial charge in [-0.15, -0.1) is 11.8 Å². The third-order valence-corrected chi connectivity index (χ3v) is 5.45. The van der Waals surface area contributed by atoms with Gasteiger partial charge in [-0.05, 0) is 43.7 Å². The molecule has 1 aliphatic carbocycles. The maximum absolute atomic E-state index is 10.4. The molecule has 0 aromatic heterocycles. The molecule has 0 heterocycles. The summed E-state index contributed by atoms with van der Waals surface area (Å²) in [6.07, 6.45) is 6.24. The quantitative estimate of drug-likeness (QED) is 0.790. The summed E-state index contributed by atoms with van der Waals surface area (Å²) in [5.74, 6) is 2.21. The Bertz CT molecular complexity index is 391. The Morgan fingerprint density at radius 2 is 2.21 bits per heavy atom. The molecule has 1 nitrogen and oxygen atoms in total. The monoisotopic (exact) mass is 278 g/mol. The molecule has 0 radical (unpaired) electrons. The Kier molecular flexibility index (Phi) is 5.77. The molecule has 1 saturated carbocycles. The van der Waals surface area contributed by atoms with Crippen LogP contribution in [-0.2, 0) is 0 Å². The number of rotatable bonds is 5. The molecule has 1 fully saturated rings. The smallest absolute Gasteiger partial charge is 0.0662 e. The number of aliphatic hydroxyl groups is 1. The van der Waals surface area contributed by atoms with Gasteiger partial charge in [0.2, 0.25) is 0 Å². The van der Waals surface area contributed by atoms with E-state index in [1.165, 1.54) is 42.6 Å². The molecule has 0 aliphatic heterocycles. The molecule has 0 bridgehead atoms. The second-order valence-electron chi connectivity index (χ2n) is 5.90. The molecule has 0 amide bonds. The first kappa shape index (κ1) is 14.9. The van der Waals surface area contributed by atoms with Crippen molar-refractivity contribution in [3.05, 3.63) is 29.8 Å². The second kappa shape index (κ2) is 7.35. The fourth-order valence-corrected chi connectivity index (χ4v) is 4.16. The number of hydrogen-bond donors (Lipinski definition) is 1. The van der Waals surface area contributed by atoms with Crippen LogP contribution in [0, 0.1) is 18.8 Å². The van der Waals surface area contributed by atoms with Crippen molar-refractivity contribution in [2.75, 3.05) is 5.75 Å². The zero-order chi connectivity index (χ0) is 13.7. The Balaban J connectivity index is 1.82. The summed E-state index contributed by atoms with van der Waals surface area (Å²) in [5.41, 5.74) is 1.29. The average Bonchev–Trinajstić information content (AvgIpc) is 2.45. The van der Waals surface area contributed by atoms with Crippen molar-refractivity contribution < 1.29 is 5.11 Å². The maximum Gasteiger partial charge on any atom is 0.0662 e. The predicted octanol–water partition coefficient (Wildman–Crippen LogP) is 4.66. The van der Waals surface area contributed by atoms with Crippen LogP contribution in [0.1, 0.15) is 44.6 Å². The summed E-state index contributed by atoms with van der Waals surface area (Å²) < 4.78 is 0. The number of hydrogen-bond acceptors (Lipinski definition) is 2. The maximum atomic E-state index is 10.4. The van der Waals surface area contributed by atoms with Gasteiger partial charge in [-0.1, -0.05) is 43.9 Å². The van der Waals surface area contributed by atoms with E-state index in [1.807, 2.05) is 0 Å². The highest BCUT2D eigenvalue weighted by atomic mass is 32.2. The lowest BCUT2D eigenvalue weighted by atomic mass is 9.78. The Morgan fingerprint density at radius 3 is 2.95 bits per heavy atom. The lowest BCUT2D eigenvalue weighted by molar-refractivity contribution is 0.0862. The predicted molar refractivity (Wildman–Crippen MR) is 83.6 cm³/mol. The molecule has 3 atom stereocenters. The molecule has 19 heavy (non-hydrogen) atoms. The third kappa shape index (κ3) is 4.54. The van der Waals surface area contributed by atoms with Gasteiger partial charge in [0.05, 0.1) is 6.10 Å². The lowest BCUT2D eigenvalue weighted by Crippen LogP contribution is -2.28. The normalized spacial score (nSPS) is 25.2. The molecule has 106 valence electrons. The molecule has 2 heteroatoms. The molecule has 2 rings (SSSR count). The molecule has 1 aliphatic rings. The fraction of sp³-hybridized carbons (Fsp3) is 0.647. The van der Waals surface area contributed by atoms with Crippen LogP contribution < -0.4 is 0 Å². The van der Waals surface area contributed by atoms with Gasteiger partial charge in [-0.3, -0.25) is 0 Å². The topological polar surface area (TPSA) is 20.2 Å². The van der Waals surface area contributed by atoms with Crippen LogP contribution in [0.15, 0.2) is 29.2 Å². The minimum atomic E-state index is -0.139. The fourth-order valence-electron chi connectivity index (χ4n) is 3.08. The van der Waals surface area contributed by atoms with Gasteiger partial charge in [-0.25, -0.2) is 0 Å². The molecule has 1 aromatic carbocycles. The zero-order valence-electron chi connectivity index (χ0n) is 12.1. The summed E-state index contributed by atoms with van der Waals surface area (Å²) in [6, 6.07) is 8.55. The van der Waals surface area contributed by atoms with Crippen LogP contribution in [0.25, 0.3) is 0 Å². The molecular weight excluding hydrogens is 252 g/mol. The SMILES string of the molecule is CCC1CCCC(C(O)CSc2cccc(C)c2)C1. The van der Waals surface area contributed by atoms with Gasteiger partial charge in [0.25, 0.3) is 0 Å². The van der Waals surface area contributed by atoms with Crippen molar-refractivity contribution in [1.29, 1.82) is 0 Å². The van der Waals surface area contributed by atoms with E-state index in [4.69, 9.17) is 0 Å². The van der Waals surface area contributed by atoms with E-state index in [2.05, 4.69) is 38.1 Å². The lowest BCUT2D eigenvalue weighted by Gasteiger charge is -2.31. The third-order valence-electron chi connectivity index (χ3n) is 4.36. The Hall–Kier alpha value is -0.470. The van der Waals surface area contributed by atoms with Gasteiger partial charge in [-0.2, -0.15) is 0 Å². The molecule has 3 unspecified atom stereocenters. The minimum Gasteiger partial charge on any atom is -0.392 e. The molecule has 1 N–H and O–H groups in total. The van der Waals surface area contributed by atoms with E-state index in [-0.39, 0.29) is 6.10 Å². The van der Waals surface area contributed by atoms with Crippen LogP contribution in [0.2, 0.25) is 0 Å². The van der Waals surface area contributed by atoms with Gasteiger partial charge in [0.1, 0.15) is 0 Å². The summed E-state index contributed by atoms with van der Waals surface area (Å²) in [7, 11) is 0. The molecule has 0 spiro atoms. The standard InChI is InChI=1S/C17H26OS/c1-3-14-7-5-8-15(11-14)17(18)12-19-16-9-4-6-13(2)10-16/h4,6,9-10,14-15,17-18H,3,5,7-8,11-12H2,1-2H3.